The van der Waals surface area contributed by atoms with Crippen LogP contribution in [-0.4, -0.2) is 148 Å². The van der Waals surface area contributed by atoms with Gasteiger partial charge in [0.25, 0.3) is 17.4 Å². The molecular weight excluding hydrogens is 849 g/mol. The maximum absolute atomic E-state index is 15.1. The molecule has 7 rings (SSSR count). The minimum Gasteiger partial charge on any atom is -0.444 e. The van der Waals surface area contributed by atoms with Gasteiger partial charge in [0.1, 0.15) is 11.4 Å². The number of ether oxygens (including phenoxy) is 1. The number of aryl methyl sites for hydroxylation is 1. The first-order chi connectivity index (χ1) is 29.1. The molecule has 0 unspecified atom stereocenters. The number of pyridine rings is 1. The second-order valence-electron chi connectivity index (χ2n) is 17.2. The summed E-state index contributed by atoms with van der Waals surface area (Å²) in [6.45, 7) is 14.2. The Kier molecular flexibility index (Phi) is 13.5. The van der Waals surface area contributed by atoms with Crippen LogP contribution < -0.4 is 10.9 Å². The molecule has 4 aromatic rings. The molecule has 3 fully saturated rings. The summed E-state index contributed by atoms with van der Waals surface area (Å²) in [5.41, 5.74) is 1.74. The number of hydrogen-bond donors (Lipinski definition) is 2. The van der Waals surface area contributed by atoms with Crippen LogP contribution in [0.25, 0.3) is 10.8 Å². The van der Waals surface area contributed by atoms with Gasteiger partial charge in [-0.05, 0) is 92.2 Å². The number of halogens is 2. The number of carbonyl (C=O) groups excluding carboxylic acids is 4. The van der Waals surface area contributed by atoms with Crippen LogP contribution in [0.5, 0.6) is 0 Å². The quantitative estimate of drug-likeness (QED) is 0.236. The lowest BCUT2D eigenvalue weighted by atomic mass is 9.95. The van der Waals surface area contributed by atoms with Gasteiger partial charge in [0.15, 0.2) is 5.69 Å². The van der Waals surface area contributed by atoms with Crippen LogP contribution in [-0.2, 0) is 16.0 Å². The number of amides is 4. The Bertz CT molecular complexity index is 2350. The largest absolute Gasteiger partial charge is 0.444 e. The smallest absolute Gasteiger partial charge is 0.412 e. The molecular formula is C44H53BrFN9O6. The van der Waals surface area contributed by atoms with E-state index in [1.165, 1.54) is 6.07 Å². The number of anilines is 1. The molecule has 2 N–H and O–H groups in total. The third kappa shape index (κ3) is 11.0. The molecule has 0 radical (unpaired) electrons. The molecule has 3 aliphatic rings. The van der Waals surface area contributed by atoms with Gasteiger partial charge in [-0.1, -0.05) is 23.8 Å². The summed E-state index contributed by atoms with van der Waals surface area (Å²) >= 11 is 3.38. The summed E-state index contributed by atoms with van der Waals surface area (Å²) in [6, 6.07) is 11.7. The highest BCUT2D eigenvalue weighted by Crippen LogP contribution is 2.26. The highest BCUT2D eigenvalue weighted by molar-refractivity contribution is 9.10. The number of nitrogens with zero attached hydrogens (tertiary/aromatic N) is 7. The van der Waals surface area contributed by atoms with Crippen molar-refractivity contribution in [3.63, 3.8) is 0 Å². The Morgan fingerprint density at radius 1 is 0.852 bits per heavy atom. The topological polar surface area (TPSA) is 164 Å². The van der Waals surface area contributed by atoms with Crippen molar-refractivity contribution in [3.05, 3.63) is 97.4 Å². The van der Waals surface area contributed by atoms with Crippen molar-refractivity contribution in [2.45, 2.75) is 52.6 Å². The van der Waals surface area contributed by atoms with E-state index in [1.54, 1.807) is 65.9 Å². The van der Waals surface area contributed by atoms with Crippen molar-refractivity contribution < 1.29 is 28.3 Å². The monoisotopic (exact) mass is 901 g/mol. The van der Waals surface area contributed by atoms with E-state index in [1.807, 2.05) is 19.1 Å². The van der Waals surface area contributed by atoms with Crippen molar-refractivity contribution in [3.8, 4) is 0 Å². The van der Waals surface area contributed by atoms with Gasteiger partial charge in [0.2, 0.25) is 5.91 Å². The molecule has 0 aliphatic carbocycles. The summed E-state index contributed by atoms with van der Waals surface area (Å²) in [5, 5.41) is 10.7. The number of nitrogens with one attached hydrogen (secondary N) is 2. The summed E-state index contributed by atoms with van der Waals surface area (Å²) in [6.07, 6.45) is 2.91. The van der Waals surface area contributed by atoms with Gasteiger partial charge in [-0.2, -0.15) is 5.10 Å². The van der Waals surface area contributed by atoms with E-state index >= 15 is 4.39 Å². The number of carbonyl (C=O) groups is 4. The Morgan fingerprint density at radius 3 is 2.23 bits per heavy atom. The van der Waals surface area contributed by atoms with Crippen molar-refractivity contribution >= 4 is 56.2 Å². The van der Waals surface area contributed by atoms with Gasteiger partial charge in [-0.15, -0.1) is 0 Å². The standard InChI is InChI=1S/C44H53BrFN9O6/c1-28-5-7-32-33(21-28)40(57)50-49-36(32)23-30-6-8-35(46)34(22-30)41(58)55-19-17-53(18-20-55)38(56)27-52-15-13-51(14-16-52)26-29-9-11-54(12-10-29)42(59)39-37(24-31(45)25-47-39)48-43(60)61-44(2,3)4/h5-8,21-22,24-25,29H,9-20,23,26-27H2,1-4H3,(H,48,60)(H,50,57). The molecule has 5 heterocycles. The van der Waals surface area contributed by atoms with Crippen LogP contribution in [0.4, 0.5) is 14.9 Å². The van der Waals surface area contributed by atoms with Crippen molar-refractivity contribution in [2.24, 2.45) is 5.92 Å². The summed E-state index contributed by atoms with van der Waals surface area (Å²) in [7, 11) is 0. The first-order valence-electron chi connectivity index (χ1n) is 20.8. The fourth-order valence-electron chi connectivity index (χ4n) is 8.21. The molecule has 324 valence electrons. The van der Waals surface area contributed by atoms with Crippen molar-refractivity contribution in [1.29, 1.82) is 0 Å². The van der Waals surface area contributed by atoms with E-state index < -0.39 is 23.4 Å². The minimum absolute atomic E-state index is 0.0197. The molecule has 0 spiro atoms. The number of H-pyrrole nitrogens is 1. The zero-order valence-corrected chi connectivity index (χ0v) is 36.7. The fraction of sp³-hybridized carbons (Fsp3) is 0.477. The van der Waals surface area contributed by atoms with E-state index in [-0.39, 0.29) is 28.6 Å². The molecule has 3 saturated heterocycles. The fourth-order valence-corrected chi connectivity index (χ4v) is 8.54. The van der Waals surface area contributed by atoms with Gasteiger partial charge >= 0.3 is 6.09 Å². The number of fused-ring (bicyclic) bond motifs is 1. The number of hydrogen-bond acceptors (Lipinski definition) is 10. The van der Waals surface area contributed by atoms with E-state index in [9.17, 15) is 24.0 Å². The number of likely N-dealkylation sites (tertiary alicyclic amines) is 1. The van der Waals surface area contributed by atoms with Crippen LogP contribution in [0, 0.1) is 18.7 Å². The lowest BCUT2D eigenvalue weighted by Crippen LogP contribution is -2.55. The maximum atomic E-state index is 15.1. The Hall–Kier alpha value is -5.26. The van der Waals surface area contributed by atoms with Crippen molar-refractivity contribution in [2.75, 3.05) is 83.9 Å². The van der Waals surface area contributed by atoms with E-state index in [4.69, 9.17) is 4.74 Å². The van der Waals surface area contributed by atoms with Crippen LogP contribution in [0.3, 0.4) is 0 Å². The van der Waals surface area contributed by atoms with E-state index in [0.717, 1.165) is 51.1 Å². The van der Waals surface area contributed by atoms with Gasteiger partial charge < -0.3 is 24.3 Å². The molecule has 17 heteroatoms. The highest BCUT2D eigenvalue weighted by atomic mass is 79.9. The van der Waals surface area contributed by atoms with Crippen LogP contribution in [0.1, 0.15) is 71.3 Å². The summed E-state index contributed by atoms with van der Waals surface area (Å²) in [5.74, 6) is -0.809. The number of piperidine rings is 1. The zero-order valence-electron chi connectivity index (χ0n) is 35.1. The third-order valence-corrected chi connectivity index (χ3v) is 11.9. The lowest BCUT2D eigenvalue weighted by Gasteiger charge is -2.40. The molecule has 0 bridgehead atoms. The van der Waals surface area contributed by atoms with Crippen molar-refractivity contribution in [1.82, 2.24) is 39.7 Å². The normalized spacial score (nSPS) is 17.1. The Labute approximate surface area is 362 Å². The van der Waals surface area contributed by atoms with Gasteiger partial charge in [-0.3, -0.25) is 29.4 Å². The Balaban J connectivity index is 0.835. The average Bonchev–Trinajstić information content (AvgIpc) is 3.22. The molecule has 4 amide bonds. The van der Waals surface area contributed by atoms with Gasteiger partial charge in [0.05, 0.1) is 28.9 Å². The number of piperazine rings is 2. The molecule has 3 aliphatic heterocycles. The first kappa shape index (κ1) is 43.8. The predicted molar refractivity (Wildman–Crippen MR) is 232 cm³/mol. The minimum atomic E-state index is -0.688. The third-order valence-electron chi connectivity index (χ3n) is 11.5. The van der Waals surface area contributed by atoms with E-state index in [0.29, 0.717) is 90.3 Å². The van der Waals surface area contributed by atoms with Crippen LogP contribution in [0.15, 0.2) is 57.9 Å². The van der Waals surface area contributed by atoms with Crippen LogP contribution >= 0.6 is 15.9 Å². The van der Waals surface area contributed by atoms with Gasteiger partial charge in [0, 0.05) is 94.5 Å². The molecule has 15 nitrogen and oxygen atoms in total. The molecule has 0 atom stereocenters. The van der Waals surface area contributed by atoms with Crippen LogP contribution in [0.2, 0.25) is 0 Å². The lowest BCUT2D eigenvalue weighted by molar-refractivity contribution is -0.134. The second kappa shape index (κ2) is 18.8. The summed E-state index contributed by atoms with van der Waals surface area (Å²) in [4.78, 5) is 79.4. The number of rotatable bonds is 9. The Morgan fingerprint density at radius 2 is 1.52 bits per heavy atom. The number of aromatic amines is 1. The number of aromatic nitrogens is 3. The van der Waals surface area contributed by atoms with Gasteiger partial charge in [-0.25, -0.2) is 19.3 Å². The molecule has 2 aromatic heterocycles. The zero-order chi connectivity index (χ0) is 43.4. The molecule has 0 saturated carbocycles. The highest BCUT2D eigenvalue weighted by Gasteiger charge is 2.31. The second-order valence-corrected chi connectivity index (χ2v) is 18.1. The summed E-state index contributed by atoms with van der Waals surface area (Å²) < 4.78 is 21.1. The molecule has 2 aromatic carbocycles. The first-order valence-corrected chi connectivity index (χ1v) is 21.6. The predicted octanol–water partition coefficient (Wildman–Crippen LogP) is 4.92. The average molecular weight is 903 g/mol. The number of benzene rings is 2. The maximum Gasteiger partial charge on any atom is 0.412 e. The SMILES string of the molecule is Cc1ccc2c(Cc3ccc(F)c(C(=O)N4CCN(C(=O)CN5CCN(CC6CCN(C(=O)c7ncc(Br)cc7NC(=O)OC(C)(C)C)CC6)CC5)CC4)c3)n[nH]c(=O)c2c1. The van der Waals surface area contributed by atoms with E-state index in [2.05, 4.69) is 46.2 Å². The molecule has 61 heavy (non-hydrogen) atoms.